The summed E-state index contributed by atoms with van der Waals surface area (Å²) in [4.78, 5) is 0. The van der Waals surface area contributed by atoms with Crippen LogP contribution in [0.2, 0.25) is 0 Å². The molecule has 4 aromatic carbocycles. The number of nitrogens with zero attached hydrogens (tertiary/aromatic N) is 2. The first kappa shape index (κ1) is 20.5. The van der Waals surface area contributed by atoms with E-state index in [1.54, 1.807) is 0 Å². The normalized spacial score (nSPS) is 13.2. The van der Waals surface area contributed by atoms with E-state index in [4.69, 9.17) is 9.84 Å². The molecule has 168 valence electrons. The number of nitrogens with one attached hydrogen (secondary N) is 1. The molecular formula is C30H27N3O. The topological polar surface area (TPSA) is 39.1 Å². The third kappa shape index (κ3) is 3.92. The molecule has 6 rings (SSSR count). The Labute approximate surface area is 199 Å². The van der Waals surface area contributed by atoms with Crippen LogP contribution in [0, 0.1) is 0 Å². The van der Waals surface area contributed by atoms with Crippen LogP contribution in [0.3, 0.4) is 0 Å². The van der Waals surface area contributed by atoms with E-state index in [1.807, 2.05) is 30.3 Å². The number of rotatable bonds is 5. The maximum atomic E-state index is 5.99. The number of hydrogen-bond acceptors (Lipinski definition) is 3. The van der Waals surface area contributed by atoms with E-state index in [9.17, 15) is 0 Å². The number of aromatic nitrogens is 2. The standard InChI is InChI=1S/C30H27N3O/c1-2-9-22(10-3-1)21-34-25-18-16-24(17-19-25)33-30-28(14-6-7-20-31-30)29(32-33)27-15-8-12-23-11-4-5-13-26(23)27/h1-5,8-13,15-19,31H,6-7,14,20-21H2. The number of benzene rings is 4. The Balaban J connectivity index is 1.37. The van der Waals surface area contributed by atoms with Crippen LogP contribution in [0.1, 0.15) is 24.0 Å². The molecule has 1 aromatic heterocycles. The van der Waals surface area contributed by atoms with Gasteiger partial charge in [-0.25, -0.2) is 4.68 Å². The van der Waals surface area contributed by atoms with Crippen LogP contribution in [-0.4, -0.2) is 16.3 Å². The van der Waals surface area contributed by atoms with Crippen molar-refractivity contribution in [2.75, 3.05) is 11.9 Å². The molecule has 2 heterocycles. The predicted octanol–water partition coefficient (Wildman–Crippen LogP) is 7.02. The maximum absolute atomic E-state index is 5.99. The summed E-state index contributed by atoms with van der Waals surface area (Å²) in [6.45, 7) is 1.52. The van der Waals surface area contributed by atoms with Gasteiger partial charge in [0.25, 0.3) is 0 Å². The summed E-state index contributed by atoms with van der Waals surface area (Å²) in [6.07, 6.45) is 3.35. The first-order valence-corrected chi connectivity index (χ1v) is 12.0. The van der Waals surface area contributed by atoms with Crippen molar-refractivity contribution in [3.8, 4) is 22.7 Å². The quantitative estimate of drug-likeness (QED) is 0.316. The number of anilines is 1. The van der Waals surface area contributed by atoms with Crippen LogP contribution in [0.5, 0.6) is 5.75 Å². The highest BCUT2D eigenvalue weighted by molar-refractivity contribution is 5.97. The van der Waals surface area contributed by atoms with Gasteiger partial charge in [0.15, 0.2) is 0 Å². The first-order valence-electron chi connectivity index (χ1n) is 12.0. The van der Waals surface area contributed by atoms with Crippen LogP contribution in [0.25, 0.3) is 27.7 Å². The second kappa shape index (κ2) is 9.06. The second-order valence-corrected chi connectivity index (χ2v) is 8.77. The summed E-state index contributed by atoms with van der Waals surface area (Å²) in [7, 11) is 0. The Morgan fingerprint density at radius 1 is 0.794 bits per heavy atom. The summed E-state index contributed by atoms with van der Waals surface area (Å²) >= 11 is 0. The number of hydrogen-bond donors (Lipinski definition) is 1. The highest BCUT2D eigenvalue weighted by Crippen LogP contribution is 2.37. The molecule has 0 aliphatic carbocycles. The molecule has 0 amide bonds. The van der Waals surface area contributed by atoms with Crippen molar-refractivity contribution in [1.29, 1.82) is 0 Å². The Kier molecular flexibility index (Phi) is 5.48. The van der Waals surface area contributed by atoms with E-state index < -0.39 is 0 Å². The molecular weight excluding hydrogens is 418 g/mol. The van der Waals surface area contributed by atoms with E-state index in [-0.39, 0.29) is 0 Å². The molecule has 34 heavy (non-hydrogen) atoms. The summed E-state index contributed by atoms with van der Waals surface area (Å²) in [5.41, 5.74) is 5.76. The van der Waals surface area contributed by atoms with Crippen LogP contribution in [0.15, 0.2) is 97.1 Å². The zero-order chi connectivity index (χ0) is 22.7. The van der Waals surface area contributed by atoms with Crippen molar-refractivity contribution in [2.45, 2.75) is 25.9 Å². The van der Waals surface area contributed by atoms with E-state index >= 15 is 0 Å². The molecule has 0 radical (unpaired) electrons. The van der Waals surface area contributed by atoms with Crippen molar-refractivity contribution in [3.63, 3.8) is 0 Å². The minimum atomic E-state index is 0.560. The first-order chi connectivity index (χ1) is 16.9. The lowest BCUT2D eigenvalue weighted by atomic mass is 9.98. The van der Waals surface area contributed by atoms with Gasteiger partial charge in [0, 0.05) is 17.7 Å². The molecule has 0 unspecified atom stereocenters. The van der Waals surface area contributed by atoms with Gasteiger partial charge in [0.05, 0.1) is 11.4 Å². The highest BCUT2D eigenvalue weighted by Gasteiger charge is 2.22. The third-order valence-electron chi connectivity index (χ3n) is 6.50. The van der Waals surface area contributed by atoms with Gasteiger partial charge in [-0.1, -0.05) is 72.8 Å². The lowest BCUT2D eigenvalue weighted by Crippen LogP contribution is -2.07. The molecule has 0 atom stereocenters. The predicted molar refractivity (Wildman–Crippen MR) is 139 cm³/mol. The summed E-state index contributed by atoms with van der Waals surface area (Å²) < 4.78 is 8.06. The molecule has 1 aliphatic rings. The number of fused-ring (bicyclic) bond motifs is 2. The van der Waals surface area contributed by atoms with Crippen molar-refractivity contribution >= 4 is 16.6 Å². The van der Waals surface area contributed by atoms with Gasteiger partial charge in [-0.15, -0.1) is 0 Å². The summed E-state index contributed by atoms with van der Waals surface area (Å²) in [5.74, 6) is 1.96. The van der Waals surface area contributed by atoms with Crippen molar-refractivity contribution < 1.29 is 4.74 Å². The van der Waals surface area contributed by atoms with Crippen LogP contribution in [0.4, 0.5) is 5.82 Å². The van der Waals surface area contributed by atoms with Gasteiger partial charge in [-0.3, -0.25) is 0 Å². The Bertz CT molecular complexity index is 1420. The zero-order valence-corrected chi connectivity index (χ0v) is 19.1. The molecule has 1 aliphatic heterocycles. The van der Waals surface area contributed by atoms with Crippen LogP contribution >= 0.6 is 0 Å². The molecule has 5 aromatic rings. The third-order valence-corrected chi connectivity index (χ3v) is 6.50. The minimum Gasteiger partial charge on any atom is -0.489 e. The van der Waals surface area contributed by atoms with Crippen LogP contribution < -0.4 is 10.1 Å². The lowest BCUT2D eigenvalue weighted by Gasteiger charge is -2.11. The van der Waals surface area contributed by atoms with Crippen molar-refractivity contribution in [2.24, 2.45) is 0 Å². The Hall–Kier alpha value is -4.05. The lowest BCUT2D eigenvalue weighted by molar-refractivity contribution is 0.306. The average molecular weight is 446 g/mol. The van der Waals surface area contributed by atoms with Crippen LogP contribution in [-0.2, 0) is 13.0 Å². The zero-order valence-electron chi connectivity index (χ0n) is 19.1. The fourth-order valence-electron chi connectivity index (χ4n) is 4.76. The van der Waals surface area contributed by atoms with Crippen molar-refractivity contribution in [1.82, 2.24) is 9.78 Å². The molecule has 0 spiro atoms. The van der Waals surface area contributed by atoms with E-state index in [2.05, 4.69) is 76.7 Å². The van der Waals surface area contributed by atoms with Gasteiger partial charge >= 0.3 is 0 Å². The monoisotopic (exact) mass is 445 g/mol. The van der Waals surface area contributed by atoms with E-state index in [0.717, 1.165) is 54.3 Å². The van der Waals surface area contributed by atoms with E-state index in [1.165, 1.54) is 21.9 Å². The molecule has 0 saturated carbocycles. The second-order valence-electron chi connectivity index (χ2n) is 8.77. The maximum Gasteiger partial charge on any atom is 0.133 e. The summed E-state index contributed by atoms with van der Waals surface area (Å²) in [6, 6.07) is 33.5. The van der Waals surface area contributed by atoms with Crippen molar-refractivity contribution in [3.05, 3.63) is 108 Å². The Morgan fingerprint density at radius 3 is 2.47 bits per heavy atom. The van der Waals surface area contributed by atoms with Gasteiger partial charge in [0.1, 0.15) is 18.2 Å². The summed E-state index contributed by atoms with van der Waals surface area (Å²) in [5, 5.41) is 11.3. The number of ether oxygens (including phenoxy) is 1. The van der Waals surface area contributed by atoms with Gasteiger partial charge in [0.2, 0.25) is 0 Å². The molecule has 4 nitrogen and oxygen atoms in total. The highest BCUT2D eigenvalue weighted by atomic mass is 16.5. The van der Waals surface area contributed by atoms with E-state index in [0.29, 0.717) is 6.61 Å². The van der Waals surface area contributed by atoms with Gasteiger partial charge in [-0.05, 0) is 59.9 Å². The Morgan fingerprint density at radius 2 is 1.59 bits per heavy atom. The molecule has 0 bridgehead atoms. The fraction of sp³-hybridized carbons (Fsp3) is 0.167. The smallest absolute Gasteiger partial charge is 0.133 e. The van der Waals surface area contributed by atoms with Gasteiger partial charge < -0.3 is 10.1 Å². The fourth-order valence-corrected chi connectivity index (χ4v) is 4.76. The SMILES string of the molecule is c1ccc(COc2ccc(-n3nc(-c4cccc5ccccc45)c4c3NCCCC4)cc2)cc1. The molecule has 1 N–H and O–H groups in total. The minimum absolute atomic E-state index is 0.560. The largest absolute Gasteiger partial charge is 0.489 e. The molecule has 0 fully saturated rings. The molecule has 0 saturated heterocycles. The van der Waals surface area contributed by atoms with Gasteiger partial charge in [-0.2, -0.15) is 5.10 Å². The average Bonchev–Trinajstić information content (AvgIpc) is 3.08. The molecule has 4 heteroatoms.